The average molecular weight is 237 g/mol. The van der Waals surface area contributed by atoms with Crippen LogP contribution in [0.15, 0.2) is 24.3 Å². The summed E-state index contributed by atoms with van der Waals surface area (Å²) in [6.45, 7) is 3.16. The van der Waals surface area contributed by atoms with Crippen molar-refractivity contribution in [3.8, 4) is 0 Å². The van der Waals surface area contributed by atoms with Crippen molar-refractivity contribution in [2.45, 2.75) is 32.4 Å². The molecule has 0 unspecified atom stereocenters. The van der Waals surface area contributed by atoms with E-state index in [0.717, 1.165) is 12.6 Å². The highest BCUT2D eigenvalue weighted by atomic mass is 35.5. The first-order valence-electron chi connectivity index (χ1n) is 5.64. The third-order valence-electron chi connectivity index (χ3n) is 3.17. The number of aryl methyl sites for hydroxylation is 1. The summed E-state index contributed by atoms with van der Waals surface area (Å²) in [5, 5.41) is 4.94. The molecule has 86 valence electrons. The maximum atomic E-state index is 3.57. The van der Waals surface area contributed by atoms with E-state index in [9.17, 15) is 0 Å². The van der Waals surface area contributed by atoms with E-state index in [1.54, 1.807) is 0 Å². The van der Waals surface area contributed by atoms with Gasteiger partial charge in [-0.05, 0) is 31.4 Å². The molecule has 1 aromatic heterocycles. The predicted molar refractivity (Wildman–Crippen MR) is 70.1 cm³/mol. The lowest BCUT2D eigenvalue weighted by Crippen LogP contribution is -2.15. The summed E-state index contributed by atoms with van der Waals surface area (Å²) in [6, 6.07) is 9.30. The molecule has 3 heteroatoms. The van der Waals surface area contributed by atoms with Gasteiger partial charge in [0.1, 0.15) is 0 Å². The SMILES string of the molecule is Cc1[nH]c2ccccc2c1CNC1CC1.Cl. The molecule has 2 nitrogen and oxygen atoms in total. The standard InChI is InChI=1S/C13H16N2.ClH/c1-9-12(8-14-10-6-7-10)11-4-2-3-5-13(11)15-9;/h2-5,10,14-15H,6-8H2,1H3;1H. The van der Waals surface area contributed by atoms with Crippen molar-refractivity contribution in [3.05, 3.63) is 35.5 Å². The Balaban J connectivity index is 0.000000963. The zero-order valence-electron chi connectivity index (χ0n) is 9.42. The van der Waals surface area contributed by atoms with Crippen LogP contribution in [0.2, 0.25) is 0 Å². The van der Waals surface area contributed by atoms with Crippen LogP contribution in [-0.2, 0) is 6.54 Å². The van der Waals surface area contributed by atoms with E-state index >= 15 is 0 Å². The van der Waals surface area contributed by atoms with Crippen molar-refractivity contribution in [1.29, 1.82) is 0 Å². The maximum Gasteiger partial charge on any atom is 0.0459 e. The van der Waals surface area contributed by atoms with Crippen LogP contribution in [-0.4, -0.2) is 11.0 Å². The molecular formula is C13H17ClN2. The lowest BCUT2D eigenvalue weighted by molar-refractivity contribution is 0.688. The summed E-state index contributed by atoms with van der Waals surface area (Å²) in [6.07, 6.45) is 2.70. The molecule has 2 N–H and O–H groups in total. The molecule has 0 aliphatic heterocycles. The fraction of sp³-hybridized carbons (Fsp3) is 0.385. The first-order valence-corrected chi connectivity index (χ1v) is 5.64. The van der Waals surface area contributed by atoms with Gasteiger partial charge in [-0.1, -0.05) is 18.2 Å². The van der Waals surface area contributed by atoms with Crippen LogP contribution >= 0.6 is 12.4 Å². The molecule has 0 radical (unpaired) electrons. The number of hydrogen-bond donors (Lipinski definition) is 2. The van der Waals surface area contributed by atoms with Crippen molar-refractivity contribution in [2.24, 2.45) is 0 Å². The highest BCUT2D eigenvalue weighted by Crippen LogP contribution is 2.24. The second-order valence-electron chi connectivity index (χ2n) is 4.43. The Labute approximate surface area is 102 Å². The van der Waals surface area contributed by atoms with Crippen molar-refractivity contribution in [3.63, 3.8) is 0 Å². The van der Waals surface area contributed by atoms with E-state index in [1.807, 2.05) is 0 Å². The molecule has 0 bridgehead atoms. The van der Waals surface area contributed by atoms with Gasteiger partial charge in [0.05, 0.1) is 0 Å². The number of nitrogens with one attached hydrogen (secondary N) is 2. The lowest BCUT2D eigenvalue weighted by atomic mass is 10.1. The normalized spacial score (nSPS) is 15.1. The molecule has 0 amide bonds. The van der Waals surface area contributed by atoms with Crippen LogP contribution in [0.1, 0.15) is 24.1 Å². The third kappa shape index (κ3) is 2.08. The molecule has 1 aromatic carbocycles. The first-order chi connectivity index (χ1) is 7.34. The predicted octanol–water partition coefficient (Wildman–Crippen LogP) is 3.15. The minimum Gasteiger partial charge on any atom is -0.358 e. The van der Waals surface area contributed by atoms with E-state index < -0.39 is 0 Å². The Hall–Kier alpha value is -0.990. The Bertz CT molecular complexity index is 486. The minimum atomic E-state index is 0. The molecule has 0 atom stereocenters. The molecule has 1 aliphatic carbocycles. The number of aromatic amines is 1. The van der Waals surface area contributed by atoms with Crippen molar-refractivity contribution < 1.29 is 0 Å². The monoisotopic (exact) mass is 236 g/mol. The molecule has 2 aromatic rings. The van der Waals surface area contributed by atoms with Gasteiger partial charge in [-0.15, -0.1) is 12.4 Å². The lowest BCUT2D eigenvalue weighted by Gasteiger charge is -2.02. The van der Waals surface area contributed by atoms with Crippen molar-refractivity contribution in [1.82, 2.24) is 10.3 Å². The van der Waals surface area contributed by atoms with Crippen LogP contribution in [0, 0.1) is 6.92 Å². The Morgan fingerprint density at radius 1 is 1.31 bits per heavy atom. The molecule has 1 aliphatic rings. The fourth-order valence-electron chi connectivity index (χ4n) is 2.10. The molecule has 0 saturated heterocycles. The number of hydrogen-bond acceptors (Lipinski definition) is 1. The largest absolute Gasteiger partial charge is 0.358 e. The zero-order chi connectivity index (χ0) is 10.3. The summed E-state index contributed by atoms with van der Waals surface area (Å²) in [5.41, 5.74) is 3.98. The van der Waals surface area contributed by atoms with Gasteiger partial charge in [-0.3, -0.25) is 0 Å². The van der Waals surface area contributed by atoms with Gasteiger partial charge in [0.25, 0.3) is 0 Å². The first kappa shape index (κ1) is 11.5. The third-order valence-corrected chi connectivity index (χ3v) is 3.17. The van der Waals surface area contributed by atoms with E-state index in [2.05, 4.69) is 41.5 Å². The van der Waals surface area contributed by atoms with Crippen LogP contribution in [0.25, 0.3) is 10.9 Å². The van der Waals surface area contributed by atoms with Crippen molar-refractivity contribution in [2.75, 3.05) is 0 Å². The number of aromatic nitrogens is 1. The van der Waals surface area contributed by atoms with Gasteiger partial charge in [0.2, 0.25) is 0 Å². The fourth-order valence-corrected chi connectivity index (χ4v) is 2.10. The van der Waals surface area contributed by atoms with E-state index in [4.69, 9.17) is 0 Å². The Kier molecular flexibility index (Phi) is 3.22. The molecule has 3 rings (SSSR count). The number of fused-ring (bicyclic) bond motifs is 1. The van der Waals surface area contributed by atoms with Crippen LogP contribution in [0.3, 0.4) is 0 Å². The molecule has 1 saturated carbocycles. The second-order valence-corrected chi connectivity index (χ2v) is 4.43. The number of halogens is 1. The van der Waals surface area contributed by atoms with Gasteiger partial charge in [0, 0.05) is 29.2 Å². The average Bonchev–Trinajstić information content (AvgIpc) is 3.00. The number of rotatable bonds is 3. The van der Waals surface area contributed by atoms with Crippen LogP contribution < -0.4 is 5.32 Å². The Morgan fingerprint density at radius 3 is 2.81 bits per heavy atom. The van der Waals surface area contributed by atoms with Gasteiger partial charge < -0.3 is 10.3 Å². The molecule has 1 heterocycles. The summed E-state index contributed by atoms with van der Waals surface area (Å²) in [7, 11) is 0. The van der Waals surface area contributed by atoms with Gasteiger partial charge >= 0.3 is 0 Å². The van der Waals surface area contributed by atoms with E-state index in [-0.39, 0.29) is 12.4 Å². The van der Waals surface area contributed by atoms with Gasteiger partial charge in [-0.25, -0.2) is 0 Å². The maximum absolute atomic E-state index is 3.57. The Morgan fingerprint density at radius 2 is 2.06 bits per heavy atom. The molecular weight excluding hydrogens is 220 g/mol. The number of H-pyrrole nitrogens is 1. The van der Waals surface area contributed by atoms with Gasteiger partial charge in [0.15, 0.2) is 0 Å². The van der Waals surface area contributed by atoms with Crippen LogP contribution in [0.5, 0.6) is 0 Å². The highest BCUT2D eigenvalue weighted by molar-refractivity contribution is 5.85. The summed E-state index contributed by atoms with van der Waals surface area (Å²) in [4.78, 5) is 3.43. The second kappa shape index (κ2) is 4.48. The van der Waals surface area contributed by atoms with Gasteiger partial charge in [-0.2, -0.15) is 0 Å². The quantitative estimate of drug-likeness (QED) is 0.842. The van der Waals surface area contributed by atoms with E-state index in [1.165, 1.54) is 35.0 Å². The summed E-state index contributed by atoms with van der Waals surface area (Å²) < 4.78 is 0. The summed E-state index contributed by atoms with van der Waals surface area (Å²) in [5.74, 6) is 0. The van der Waals surface area contributed by atoms with Crippen LogP contribution in [0.4, 0.5) is 0 Å². The highest BCUT2D eigenvalue weighted by Gasteiger charge is 2.20. The number of para-hydroxylation sites is 1. The smallest absolute Gasteiger partial charge is 0.0459 e. The summed E-state index contributed by atoms with van der Waals surface area (Å²) >= 11 is 0. The molecule has 0 spiro atoms. The zero-order valence-corrected chi connectivity index (χ0v) is 10.2. The van der Waals surface area contributed by atoms with E-state index in [0.29, 0.717) is 0 Å². The topological polar surface area (TPSA) is 27.8 Å². The molecule has 16 heavy (non-hydrogen) atoms. The van der Waals surface area contributed by atoms with Crippen molar-refractivity contribution >= 4 is 23.3 Å². The minimum absolute atomic E-state index is 0. The molecule has 1 fully saturated rings. The number of benzene rings is 1.